The molecule has 0 spiro atoms. The highest BCUT2D eigenvalue weighted by Gasteiger charge is 2.16. The Hall–Kier alpha value is -1.38. The molecule has 0 unspecified atom stereocenters. The number of hydrogen-bond acceptors (Lipinski definition) is 6. The zero-order chi connectivity index (χ0) is 19.0. The Morgan fingerprint density at radius 3 is 1.96 bits per heavy atom. The van der Waals surface area contributed by atoms with E-state index in [4.69, 9.17) is 10.5 Å². The fourth-order valence-electron chi connectivity index (χ4n) is 1.95. The van der Waals surface area contributed by atoms with Crippen LogP contribution in [0.25, 0.3) is 0 Å². The normalized spacial score (nSPS) is 11.2. The van der Waals surface area contributed by atoms with E-state index in [1.54, 1.807) is 20.8 Å². The molecule has 0 saturated heterocycles. The zero-order valence-corrected chi connectivity index (χ0v) is 16.1. The molecule has 0 aromatic carbocycles. The van der Waals surface area contributed by atoms with Crippen LogP contribution in [-0.2, 0) is 9.53 Å². The Labute approximate surface area is 152 Å². The first-order valence-corrected chi connectivity index (χ1v) is 9.20. The SMILES string of the molecule is CC(C)(C)OC(=O)NCC(=O)NCCCNCCCCNCCCN. The molecule has 148 valence electrons. The van der Waals surface area contributed by atoms with Crippen molar-refractivity contribution < 1.29 is 14.3 Å². The van der Waals surface area contributed by atoms with Crippen LogP contribution in [0.15, 0.2) is 0 Å². The lowest BCUT2D eigenvalue weighted by Crippen LogP contribution is -2.40. The second-order valence-corrected chi connectivity index (χ2v) is 6.91. The Balaban J connectivity index is 3.34. The highest BCUT2D eigenvalue weighted by molar-refractivity contribution is 5.82. The molecule has 8 heteroatoms. The molecule has 0 rings (SSSR count). The summed E-state index contributed by atoms with van der Waals surface area (Å²) in [6, 6.07) is 0. The van der Waals surface area contributed by atoms with E-state index in [0.29, 0.717) is 6.54 Å². The highest BCUT2D eigenvalue weighted by atomic mass is 16.6. The summed E-state index contributed by atoms with van der Waals surface area (Å²) in [6.45, 7) is 10.4. The van der Waals surface area contributed by atoms with E-state index >= 15 is 0 Å². The number of amides is 2. The van der Waals surface area contributed by atoms with Crippen LogP contribution < -0.4 is 27.0 Å². The molecule has 2 amide bonds. The smallest absolute Gasteiger partial charge is 0.408 e. The molecule has 0 aliphatic heterocycles. The van der Waals surface area contributed by atoms with Gasteiger partial charge in [0.05, 0.1) is 6.54 Å². The number of hydrogen-bond donors (Lipinski definition) is 5. The number of nitrogens with one attached hydrogen (secondary N) is 4. The molecular weight excluding hydrogens is 322 g/mol. The van der Waals surface area contributed by atoms with Crippen LogP contribution in [0.3, 0.4) is 0 Å². The summed E-state index contributed by atoms with van der Waals surface area (Å²) in [6.07, 6.45) is 3.57. The highest BCUT2D eigenvalue weighted by Crippen LogP contribution is 2.05. The van der Waals surface area contributed by atoms with Crippen LogP contribution in [0.2, 0.25) is 0 Å². The molecule has 0 aliphatic carbocycles. The van der Waals surface area contributed by atoms with Crippen molar-refractivity contribution in [3.8, 4) is 0 Å². The van der Waals surface area contributed by atoms with Gasteiger partial charge in [-0.15, -0.1) is 0 Å². The number of carbonyl (C=O) groups excluding carboxylic acids is 2. The molecule has 25 heavy (non-hydrogen) atoms. The number of rotatable bonds is 14. The van der Waals surface area contributed by atoms with E-state index < -0.39 is 11.7 Å². The number of ether oxygens (including phenoxy) is 1. The van der Waals surface area contributed by atoms with Gasteiger partial charge >= 0.3 is 6.09 Å². The number of unbranched alkanes of at least 4 members (excludes halogenated alkanes) is 1. The third-order valence-electron chi connectivity index (χ3n) is 3.16. The van der Waals surface area contributed by atoms with Crippen LogP contribution in [0.1, 0.15) is 46.5 Å². The average Bonchev–Trinajstić information content (AvgIpc) is 2.52. The van der Waals surface area contributed by atoms with Crippen LogP contribution in [-0.4, -0.2) is 63.4 Å². The topological polar surface area (TPSA) is 118 Å². The first-order valence-electron chi connectivity index (χ1n) is 9.20. The Morgan fingerprint density at radius 2 is 1.40 bits per heavy atom. The first-order chi connectivity index (χ1) is 11.8. The summed E-state index contributed by atoms with van der Waals surface area (Å²) in [5.74, 6) is -0.214. The van der Waals surface area contributed by atoms with Crippen molar-refractivity contribution in [2.45, 2.75) is 52.1 Å². The summed E-state index contributed by atoms with van der Waals surface area (Å²) >= 11 is 0. The molecule has 0 radical (unpaired) electrons. The van der Waals surface area contributed by atoms with Crippen LogP contribution in [0, 0.1) is 0 Å². The van der Waals surface area contributed by atoms with Crippen molar-refractivity contribution in [3.05, 3.63) is 0 Å². The largest absolute Gasteiger partial charge is 0.444 e. The van der Waals surface area contributed by atoms with Crippen LogP contribution in [0.5, 0.6) is 0 Å². The van der Waals surface area contributed by atoms with E-state index in [1.807, 2.05) is 0 Å². The van der Waals surface area contributed by atoms with Gasteiger partial charge in [0, 0.05) is 6.54 Å². The average molecular weight is 360 g/mol. The minimum absolute atomic E-state index is 0.0699. The molecule has 0 heterocycles. The lowest BCUT2D eigenvalue weighted by Gasteiger charge is -2.19. The van der Waals surface area contributed by atoms with Crippen LogP contribution in [0.4, 0.5) is 4.79 Å². The van der Waals surface area contributed by atoms with Gasteiger partial charge in [-0.05, 0) is 79.2 Å². The second kappa shape index (κ2) is 14.9. The van der Waals surface area contributed by atoms with E-state index in [1.165, 1.54) is 0 Å². The Morgan fingerprint density at radius 1 is 0.840 bits per heavy atom. The summed E-state index contributed by atoms with van der Waals surface area (Å²) < 4.78 is 5.06. The third kappa shape index (κ3) is 18.8. The van der Waals surface area contributed by atoms with E-state index in [2.05, 4.69) is 21.3 Å². The molecule has 6 N–H and O–H groups in total. The van der Waals surface area contributed by atoms with Gasteiger partial charge in [0.2, 0.25) is 5.91 Å². The molecule has 0 saturated carbocycles. The minimum atomic E-state index is -0.582. The van der Waals surface area contributed by atoms with Gasteiger partial charge in [-0.1, -0.05) is 0 Å². The van der Waals surface area contributed by atoms with Crippen LogP contribution >= 0.6 is 0 Å². The number of nitrogens with two attached hydrogens (primary N) is 1. The lowest BCUT2D eigenvalue weighted by atomic mass is 10.2. The van der Waals surface area contributed by atoms with Gasteiger partial charge < -0.3 is 31.7 Å². The van der Waals surface area contributed by atoms with E-state index in [-0.39, 0.29) is 12.5 Å². The second-order valence-electron chi connectivity index (χ2n) is 6.91. The fraction of sp³-hybridized carbons (Fsp3) is 0.882. The maximum Gasteiger partial charge on any atom is 0.408 e. The summed E-state index contributed by atoms with van der Waals surface area (Å²) in [7, 11) is 0. The van der Waals surface area contributed by atoms with Crippen molar-refractivity contribution in [1.29, 1.82) is 0 Å². The molecule has 0 aromatic rings. The van der Waals surface area contributed by atoms with Crippen molar-refractivity contribution in [1.82, 2.24) is 21.3 Å². The quantitative estimate of drug-likeness (QED) is 0.285. The Kier molecular flexibility index (Phi) is 14.1. The van der Waals surface area contributed by atoms with Gasteiger partial charge in [-0.2, -0.15) is 0 Å². The molecule has 0 bridgehead atoms. The number of carbonyl (C=O) groups is 2. The van der Waals surface area contributed by atoms with Gasteiger partial charge in [0.15, 0.2) is 0 Å². The maximum atomic E-state index is 11.6. The first kappa shape index (κ1) is 23.6. The van der Waals surface area contributed by atoms with Crippen molar-refractivity contribution in [2.24, 2.45) is 5.73 Å². The lowest BCUT2D eigenvalue weighted by molar-refractivity contribution is -0.120. The summed E-state index contributed by atoms with van der Waals surface area (Å²) in [5, 5.41) is 11.9. The standard InChI is InChI=1S/C17H37N5O3/c1-17(2,3)25-16(24)22-14-15(23)21-13-7-12-20-10-5-4-9-19-11-6-8-18/h19-20H,4-14,18H2,1-3H3,(H,21,23)(H,22,24). The molecular formula is C17H37N5O3. The minimum Gasteiger partial charge on any atom is -0.444 e. The molecule has 0 atom stereocenters. The molecule has 0 fully saturated rings. The van der Waals surface area contributed by atoms with Gasteiger partial charge in [-0.3, -0.25) is 4.79 Å². The summed E-state index contributed by atoms with van der Waals surface area (Å²) in [4.78, 5) is 23.0. The predicted molar refractivity (Wildman–Crippen MR) is 101 cm³/mol. The third-order valence-corrected chi connectivity index (χ3v) is 3.16. The number of alkyl carbamates (subject to hydrolysis) is 1. The predicted octanol–water partition coefficient (Wildman–Crippen LogP) is 0.326. The van der Waals surface area contributed by atoms with Crippen molar-refractivity contribution in [2.75, 3.05) is 45.8 Å². The molecule has 0 aromatic heterocycles. The zero-order valence-electron chi connectivity index (χ0n) is 16.1. The van der Waals surface area contributed by atoms with Gasteiger partial charge in [0.1, 0.15) is 5.60 Å². The molecule has 8 nitrogen and oxygen atoms in total. The van der Waals surface area contributed by atoms with E-state index in [0.717, 1.165) is 58.4 Å². The molecule has 0 aliphatic rings. The monoisotopic (exact) mass is 359 g/mol. The summed E-state index contributed by atoms with van der Waals surface area (Å²) in [5.41, 5.74) is 4.86. The van der Waals surface area contributed by atoms with Gasteiger partial charge in [-0.25, -0.2) is 4.79 Å². The van der Waals surface area contributed by atoms with E-state index in [9.17, 15) is 9.59 Å². The fourth-order valence-corrected chi connectivity index (χ4v) is 1.95. The van der Waals surface area contributed by atoms with Crippen molar-refractivity contribution in [3.63, 3.8) is 0 Å². The maximum absolute atomic E-state index is 11.6. The van der Waals surface area contributed by atoms with Crippen molar-refractivity contribution >= 4 is 12.0 Å². The Bertz CT molecular complexity index is 359. The van der Waals surface area contributed by atoms with Gasteiger partial charge in [0.25, 0.3) is 0 Å².